The number of aromatic nitrogens is 1. The molecule has 0 radical (unpaired) electrons. The van der Waals surface area contributed by atoms with Crippen molar-refractivity contribution < 1.29 is 14.0 Å². The number of thiazole rings is 1. The van der Waals surface area contributed by atoms with Crippen LogP contribution < -0.4 is 10.6 Å². The number of rotatable bonds is 4. The Kier molecular flexibility index (Phi) is 3.95. The van der Waals surface area contributed by atoms with Crippen LogP contribution in [0.1, 0.15) is 16.9 Å². The Morgan fingerprint density at radius 1 is 1.38 bits per heavy atom. The summed E-state index contributed by atoms with van der Waals surface area (Å²) < 4.78 is 13.7. The maximum atomic E-state index is 13.7. The molecule has 26 heavy (non-hydrogen) atoms. The van der Waals surface area contributed by atoms with Gasteiger partial charge in [-0.2, -0.15) is 0 Å². The number of carbonyl (C=O) groups excluding carboxylic acids is 2. The van der Waals surface area contributed by atoms with Crippen LogP contribution in [0.2, 0.25) is 0 Å². The van der Waals surface area contributed by atoms with Gasteiger partial charge in [-0.25, -0.2) is 9.37 Å². The minimum absolute atomic E-state index is 0.168. The number of benzene rings is 1. The molecule has 4 rings (SSSR count). The van der Waals surface area contributed by atoms with E-state index < -0.39 is 11.9 Å². The number of amides is 2. The van der Waals surface area contributed by atoms with Gasteiger partial charge in [-0.3, -0.25) is 9.59 Å². The molecule has 136 valence electrons. The van der Waals surface area contributed by atoms with Gasteiger partial charge in [0.1, 0.15) is 17.6 Å². The molecule has 1 saturated carbocycles. The molecule has 8 heteroatoms. The number of hydrogen-bond acceptors (Lipinski definition) is 5. The van der Waals surface area contributed by atoms with Crippen molar-refractivity contribution in [1.29, 1.82) is 0 Å². The fraction of sp³-hybridized carbons (Fsp3) is 0.389. The van der Waals surface area contributed by atoms with Crippen LogP contribution in [0.25, 0.3) is 10.4 Å². The second-order valence-corrected chi connectivity index (χ2v) is 8.02. The SMILES string of the molecule is CN(C)c1nc(C(=O)N2C[C@@H]3C[C@@H]3[C@H]2C(N)=O)c(-c2cccc(F)c2)s1. The summed E-state index contributed by atoms with van der Waals surface area (Å²) >= 11 is 1.32. The van der Waals surface area contributed by atoms with Crippen molar-refractivity contribution in [1.82, 2.24) is 9.88 Å². The van der Waals surface area contributed by atoms with Crippen LogP contribution in [0, 0.1) is 17.7 Å². The van der Waals surface area contributed by atoms with Gasteiger partial charge in [0.2, 0.25) is 5.91 Å². The van der Waals surface area contributed by atoms with Crippen LogP contribution in [0.15, 0.2) is 24.3 Å². The number of nitrogens with two attached hydrogens (primary N) is 1. The Morgan fingerprint density at radius 3 is 2.81 bits per heavy atom. The Morgan fingerprint density at radius 2 is 2.15 bits per heavy atom. The first-order chi connectivity index (χ1) is 12.4. The summed E-state index contributed by atoms with van der Waals surface area (Å²) in [5, 5.41) is 0.646. The number of hydrogen-bond donors (Lipinski definition) is 1. The third-order valence-corrected chi connectivity index (χ3v) is 6.26. The Hall–Kier alpha value is -2.48. The van der Waals surface area contributed by atoms with E-state index in [9.17, 15) is 14.0 Å². The summed E-state index contributed by atoms with van der Waals surface area (Å²) in [4.78, 5) is 33.5. The smallest absolute Gasteiger partial charge is 0.274 e. The predicted molar refractivity (Wildman–Crippen MR) is 97.5 cm³/mol. The third kappa shape index (κ3) is 2.74. The van der Waals surface area contributed by atoms with E-state index in [1.807, 2.05) is 14.1 Å². The topological polar surface area (TPSA) is 79.5 Å². The van der Waals surface area contributed by atoms with E-state index in [1.54, 1.807) is 21.9 Å². The van der Waals surface area contributed by atoms with Gasteiger partial charge in [0.15, 0.2) is 5.13 Å². The number of primary amides is 1. The van der Waals surface area contributed by atoms with Crippen molar-refractivity contribution in [2.75, 3.05) is 25.5 Å². The third-order valence-electron chi connectivity index (χ3n) is 4.99. The Bertz CT molecular complexity index is 897. The number of carbonyl (C=O) groups is 2. The van der Waals surface area contributed by atoms with Crippen molar-refractivity contribution in [3.63, 3.8) is 0 Å². The predicted octanol–water partition coefficient (Wildman–Crippen LogP) is 1.96. The lowest BCUT2D eigenvalue weighted by atomic mass is 10.1. The van der Waals surface area contributed by atoms with Crippen LogP contribution >= 0.6 is 11.3 Å². The highest BCUT2D eigenvalue weighted by Gasteiger charge is 2.56. The molecule has 2 amide bonds. The van der Waals surface area contributed by atoms with Crippen LogP contribution in [0.5, 0.6) is 0 Å². The molecule has 0 unspecified atom stereocenters. The maximum Gasteiger partial charge on any atom is 0.274 e. The van der Waals surface area contributed by atoms with Crippen LogP contribution in [-0.2, 0) is 4.79 Å². The molecule has 1 aromatic carbocycles. The van der Waals surface area contributed by atoms with Gasteiger partial charge in [0.05, 0.1) is 4.88 Å². The summed E-state index contributed by atoms with van der Waals surface area (Å²) in [6.07, 6.45) is 0.939. The zero-order chi connectivity index (χ0) is 18.6. The van der Waals surface area contributed by atoms with E-state index in [0.29, 0.717) is 28.0 Å². The summed E-state index contributed by atoms with van der Waals surface area (Å²) in [7, 11) is 3.67. The minimum atomic E-state index is -0.572. The molecule has 0 spiro atoms. The first-order valence-electron chi connectivity index (χ1n) is 8.41. The molecule has 2 aromatic rings. The summed E-state index contributed by atoms with van der Waals surface area (Å²) in [6.45, 7) is 0.522. The lowest BCUT2D eigenvalue weighted by molar-refractivity contribution is -0.122. The fourth-order valence-electron chi connectivity index (χ4n) is 3.65. The number of piperidine rings is 1. The standard InChI is InChI=1S/C18H19FN4O2S/c1-22(2)18-21-13(15(26-18)9-4-3-5-11(19)6-9)17(25)23-8-10-7-12(10)14(23)16(20)24/h3-6,10,12,14H,7-8H2,1-2H3,(H2,20,24)/t10-,12-,14-/m0/s1. The van der Waals surface area contributed by atoms with Crippen molar-refractivity contribution in [2.45, 2.75) is 12.5 Å². The van der Waals surface area contributed by atoms with E-state index in [-0.39, 0.29) is 23.3 Å². The summed E-state index contributed by atoms with van der Waals surface area (Å²) in [5.41, 5.74) is 6.38. The van der Waals surface area contributed by atoms with Crippen molar-refractivity contribution in [3.05, 3.63) is 35.8 Å². The van der Waals surface area contributed by atoms with E-state index in [0.717, 1.165) is 6.42 Å². The fourth-order valence-corrected chi connectivity index (χ4v) is 4.62. The second kappa shape index (κ2) is 6.05. The number of anilines is 1. The highest BCUT2D eigenvalue weighted by atomic mass is 32.1. The van der Waals surface area contributed by atoms with E-state index in [2.05, 4.69) is 4.98 Å². The number of likely N-dealkylation sites (tertiary alicyclic amines) is 1. The van der Waals surface area contributed by atoms with Gasteiger partial charge in [-0.05, 0) is 36.0 Å². The molecule has 2 heterocycles. The number of halogens is 1. The van der Waals surface area contributed by atoms with Crippen molar-refractivity contribution in [2.24, 2.45) is 17.6 Å². The lowest BCUT2D eigenvalue weighted by Crippen LogP contribution is -2.46. The van der Waals surface area contributed by atoms with Gasteiger partial charge in [0, 0.05) is 20.6 Å². The molecule has 0 bridgehead atoms. The molecule has 2 N–H and O–H groups in total. The van der Waals surface area contributed by atoms with Crippen LogP contribution in [0.4, 0.5) is 9.52 Å². The molecule has 3 atom stereocenters. The van der Waals surface area contributed by atoms with Gasteiger partial charge in [0.25, 0.3) is 5.91 Å². The maximum absolute atomic E-state index is 13.7. The quantitative estimate of drug-likeness (QED) is 0.887. The van der Waals surface area contributed by atoms with Crippen LogP contribution in [-0.4, -0.2) is 48.4 Å². The monoisotopic (exact) mass is 374 g/mol. The first kappa shape index (κ1) is 17.0. The van der Waals surface area contributed by atoms with E-state index >= 15 is 0 Å². The van der Waals surface area contributed by atoms with Gasteiger partial charge in [-0.15, -0.1) is 0 Å². The minimum Gasteiger partial charge on any atom is -0.368 e. The number of nitrogens with zero attached hydrogens (tertiary/aromatic N) is 3. The Labute approximate surface area is 154 Å². The van der Waals surface area contributed by atoms with Gasteiger partial charge >= 0.3 is 0 Å². The lowest BCUT2D eigenvalue weighted by Gasteiger charge is -2.24. The second-order valence-electron chi connectivity index (χ2n) is 7.04. The molecule has 2 fully saturated rings. The highest BCUT2D eigenvalue weighted by molar-refractivity contribution is 7.19. The van der Waals surface area contributed by atoms with Gasteiger partial charge in [-0.1, -0.05) is 23.5 Å². The first-order valence-corrected chi connectivity index (χ1v) is 9.23. The molecular formula is C18H19FN4O2S. The number of fused-ring (bicyclic) bond motifs is 1. The molecular weight excluding hydrogens is 355 g/mol. The molecule has 6 nitrogen and oxygen atoms in total. The zero-order valence-corrected chi connectivity index (χ0v) is 15.3. The van der Waals surface area contributed by atoms with Crippen LogP contribution in [0.3, 0.4) is 0 Å². The van der Waals surface area contributed by atoms with E-state index in [4.69, 9.17) is 5.73 Å². The normalized spacial score (nSPS) is 23.7. The summed E-state index contributed by atoms with van der Waals surface area (Å²) in [5.74, 6) is -0.650. The summed E-state index contributed by atoms with van der Waals surface area (Å²) in [6, 6.07) is 5.52. The Balaban J connectivity index is 1.75. The van der Waals surface area contributed by atoms with Gasteiger partial charge < -0.3 is 15.5 Å². The zero-order valence-electron chi connectivity index (χ0n) is 14.5. The molecule has 1 saturated heterocycles. The average molecular weight is 374 g/mol. The van der Waals surface area contributed by atoms with Crippen molar-refractivity contribution in [3.8, 4) is 10.4 Å². The molecule has 1 aromatic heterocycles. The highest BCUT2D eigenvalue weighted by Crippen LogP contribution is 2.50. The molecule has 1 aliphatic heterocycles. The average Bonchev–Trinajstić information content (AvgIpc) is 3.06. The largest absolute Gasteiger partial charge is 0.368 e. The molecule has 2 aliphatic rings. The van der Waals surface area contributed by atoms with Crippen molar-refractivity contribution >= 4 is 28.3 Å². The molecule has 1 aliphatic carbocycles. The van der Waals surface area contributed by atoms with E-state index in [1.165, 1.54) is 23.5 Å².